The van der Waals surface area contributed by atoms with Crippen molar-refractivity contribution in [2.75, 3.05) is 12.3 Å². The van der Waals surface area contributed by atoms with Crippen LogP contribution in [0.4, 0.5) is 10.2 Å². The number of ether oxygens (including phenoxy) is 1. The Kier molecular flexibility index (Phi) is 3.50. The van der Waals surface area contributed by atoms with Crippen molar-refractivity contribution >= 4 is 11.8 Å². The first kappa shape index (κ1) is 13.1. The molecule has 0 fully saturated rings. The van der Waals surface area contributed by atoms with Crippen LogP contribution in [0.3, 0.4) is 0 Å². The van der Waals surface area contributed by atoms with Crippen molar-refractivity contribution in [3.63, 3.8) is 0 Å². The van der Waals surface area contributed by atoms with E-state index >= 15 is 0 Å². The maximum absolute atomic E-state index is 13.2. The average Bonchev–Trinajstić information content (AvgIpc) is 2.65. The normalized spacial score (nSPS) is 10.5. The number of hydrogen-bond donors (Lipinski definition) is 1. The summed E-state index contributed by atoms with van der Waals surface area (Å²) in [6.45, 7) is 3.61. The number of anilines is 1. The lowest BCUT2D eigenvalue weighted by atomic mass is 10.2. The Bertz CT molecular complexity index is 622. The number of nitrogens with two attached hydrogens (primary N) is 1. The molecule has 19 heavy (non-hydrogen) atoms. The predicted octanol–water partition coefficient (Wildman–Crippen LogP) is 2.08. The minimum absolute atomic E-state index is 0.140. The quantitative estimate of drug-likeness (QED) is 0.861. The van der Waals surface area contributed by atoms with E-state index in [4.69, 9.17) is 10.5 Å². The van der Waals surface area contributed by atoms with Gasteiger partial charge in [0.05, 0.1) is 18.0 Å². The van der Waals surface area contributed by atoms with Crippen LogP contribution in [0.2, 0.25) is 0 Å². The first-order valence-corrected chi connectivity index (χ1v) is 5.82. The van der Waals surface area contributed by atoms with Crippen molar-refractivity contribution in [1.29, 1.82) is 0 Å². The van der Waals surface area contributed by atoms with Crippen molar-refractivity contribution < 1.29 is 13.9 Å². The SMILES string of the molecule is CCOC(=O)c1c(C)nn(-c2cccc(F)c2)c1N. The molecule has 0 amide bonds. The zero-order chi connectivity index (χ0) is 14.0. The molecule has 0 radical (unpaired) electrons. The van der Waals surface area contributed by atoms with E-state index in [0.29, 0.717) is 11.4 Å². The third-order valence-electron chi connectivity index (χ3n) is 2.63. The minimum atomic E-state index is -0.528. The number of nitrogens with zero attached hydrogens (tertiary/aromatic N) is 2. The van der Waals surface area contributed by atoms with Gasteiger partial charge in [-0.2, -0.15) is 5.10 Å². The molecule has 0 aliphatic heterocycles. The third-order valence-corrected chi connectivity index (χ3v) is 2.63. The van der Waals surface area contributed by atoms with Gasteiger partial charge in [0.2, 0.25) is 0 Å². The van der Waals surface area contributed by atoms with Crippen molar-refractivity contribution in [1.82, 2.24) is 9.78 Å². The summed E-state index contributed by atoms with van der Waals surface area (Å²) in [7, 11) is 0. The highest BCUT2D eigenvalue weighted by Gasteiger charge is 2.21. The molecule has 0 aliphatic carbocycles. The fraction of sp³-hybridized carbons (Fsp3) is 0.231. The van der Waals surface area contributed by atoms with Crippen LogP contribution < -0.4 is 5.73 Å². The highest BCUT2D eigenvalue weighted by atomic mass is 19.1. The molecule has 5 nitrogen and oxygen atoms in total. The Morgan fingerprint density at radius 1 is 1.53 bits per heavy atom. The molecule has 0 bridgehead atoms. The number of aromatic nitrogens is 2. The van der Waals surface area contributed by atoms with E-state index in [1.54, 1.807) is 26.0 Å². The summed E-state index contributed by atoms with van der Waals surface area (Å²) < 4.78 is 19.4. The second kappa shape index (κ2) is 5.09. The minimum Gasteiger partial charge on any atom is -0.462 e. The molecule has 0 saturated carbocycles. The Labute approximate surface area is 109 Å². The topological polar surface area (TPSA) is 70.1 Å². The van der Waals surface area contributed by atoms with Crippen LogP contribution in [0.5, 0.6) is 0 Å². The molecule has 0 atom stereocenters. The van der Waals surface area contributed by atoms with Gasteiger partial charge in [-0.25, -0.2) is 13.9 Å². The zero-order valence-corrected chi connectivity index (χ0v) is 10.7. The van der Waals surface area contributed by atoms with E-state index in [0.717, 1.165) is 0 Å². The summed E-state index contributed by atoms with van der Waals surface area (Å²) in [5.41, 5.74) is 7.01. The lowest BCUT2D eigenvalue weighted by Crippen LogP contribution is -2.09. The van der Waals surface area contributed by atoms with Crippen molar-refractivity contribution in [3.8, 4) is 5.69 Å². The summed E-state index contributed by atoms with van der Waals surface area (Å²) in [4.78, 5) is 11.8. The van der Waals surface area contributed by atoms with Crippen molar-refractivity contribution in [2.24, 2.45) is 0 Å². The second-order valence-corrected chi connectivity index (χ2v) is 3.96. The van der Waals surface area contributed by atoms with E-state index in [2.05, 4.69) is 5.10 Å². The van der Waals surface area contributed by atoms with Crippen LogP contribution in [-0.2, 0) is 4.74 Å². The van der Waals surface area contributed by atoms with Crippen LogP contribution in [0.1, 0.15) is 23.0 Å². The summed E-state index contributed by atoms with van der Waals surface area (Å²) >= 11 is 0. The van der Waals surface area contributed by atoms with Gasteiger partial charge in [-0.1, -0.05) is 6.07 Å². The number of rotatable bonds is 3. The van der Waals surface area contributed by atoms with E-state index in [-0.39, 0.29) is 18.0 Å². The molecule has 100 valence electrons. The summed E-state index contributed by atoms with van der Waals surface area (Å²) in [5, 5.41) is 4.15. The number of halogens is 1. The van der Waals surface area contributed by atoms with E-state index in [1.807, 2.05) is 0 Å². The van der Waals surface area contributed by atoms with E-state index in [9.17, 15) is 9.18 Å². The molecule has 0 saturated heterocycles. The fourth-order valence-corrected chi connectivity index (χ4v) is 1.81. The van der Waals surface area contributed by atoms with E-state index < -0.39 is 11.8 Å². The Morgan fingerprint density at radius 2 is 2.26 bits per heavy atom. The first-order chi connectivity index (χ1) is 9.04. The second-order valence-electron chi connectivity index (χ2n) is 3.96. The largest absolute Gasteiger partial charge is 0.462 e. The summed E-state index contributed by atoms with van der Waals surface area (Å²) in [6, 6.07) is 5.81. The van der Waals surface area contributed by atoms with Crippen LogP contribution in [-0.4, -0.2) is 22.4 Å². The Morgan fingerprint density at radius 3 is 2.89 bits per heavy atom. The molecule has 1 heterocycles. The van der Waals surface area contributed by atoms with Gasteiger partial charge < -0.3 is 10.5 Å². The number of carbonyl (C=O) groups is 1. The molecule has 2 N–H and O–H groups in total. The van der Waals surface area contributed by atoms with Gasteiger partial charge in [0, 0.05) is 0 Å². The number of hydrogen-bond acceptors (Lipinski definition) is 4. The van der Waals surface area contributed by atoms with Gasteiger partial charge in [0.15, 0.2) is 0 Å². The van der Waals surface area contributed by atoms with Gasteiger partial charge in [-0.05, 0) is 32.0 Å². The van der Waals surface area contributed by atoms with Gasteiger partial charge in [0.25, 0.3) is 0 Å². The molecule has 0 spiro atoms. The van der Waals surface area contributed by atoms with Gasteiger partial charge in [-0.3, -0.25) is 0 Å². The standard InChI is InChI=1S/C13H14FN3O2/c1-3-19-13(18)11-8(2)16-17(12(11)15)10-6-4-5-9(14)7-10/h4-7H,3,15H2,1-2H3. The van der Waals surface area contributed by atoms with Gasteiger partial charge >= 0.3 is 5.97 Å². The smallest absolute Gasteiger partial charge is 0.343 e. The molecular weight excluding hydrogens is 249 g/mol. The van der Waals surface area contributed by atoms with Gasteiger partial charge in [-0.15, -0.1) is 0 Å². The first-order valence-electron chi connectivity index (χ1n) is 5.82. The molecule has 1 aromatic carbocycles. The molecule has 1 aromatic heterocycles. The molecule has 2 aromatic rings. The average molecular weight is 263 g/mol. The third kappa shape index (κ3) is 2.42. The number of benzene rings is 1. The van der Waals surface area contributed by atoms with Crippen LogP contribution in [0.15, 0.2) is 24.3 Å². The highest BCUT2D eigenvalue weighted by Crippen LogP contribution is 2.22. The Balaban J connectivity index is 2.50. The van der Waals surface area contributed by atoms with Crippen LogP contribution >= 0.6 is 0 Å². The maximum Gasteiger partial charge on any atom is 0.343 e. The van der Waals surface area contributed by atoms with Crippen molar-refractivity contribution in [2.45, 2.75) is 13.8 Å². The van der Waals surface area contributed by atoms with Crippen LogP contribution in [0.25, 0.3) is 5.69 Å². The summed E-state index contributed by atoms with van der Waals surface area (Å²) in [6.07, 6.45) is 0. The highest BCUT2D eigenvalue weighted by molar-refractivity contribution is 5.95. The molecular formula is C13H14FN3O2. The molecule has 0 aliphatic rings. The maximum atomic E-state index is 13.2. The van der Waals surface area contributed by atoms with Crippen LogP contribution in [0, 0.1) is 12.7 Å². The predicted molar refractivity (Wildman–Crippen MR) is 68.6 cm³/mol. The van der Waals surface area contributed by atoms with Gasteiger partial charge in [0.1, 0.15) is 17.2 Å². The molecule has 6 heteroatoms. The molecule has 0 unspecified atom stereocenters. The lowest BCUT2D eigenvalue weighted by molar-refractivity contribution is 0.0527. The molecule has 2 rings (SSSR count). The van der Waals surface area contributed by atoms with E-state index in [1.165, 1.54) is 16.8 Å². The van der Waals surface area contributed by atoms with Crippen molar-refractivity contribution in [3.05, 3.63) is 41.3 Å². The monoisotopic (exact) mass is 263 g/mol. The number of nitrogen functional groups attached to an aromatic ring is 1. The summed E-state index contributed by atoms with van der Waals surface area (Å²) in [5.74, 6) is -0.788. The zero-order valence-electron chi connectivity index (χ0n) is 10.7. The number of esters is 1. The number of carbonyl (C=O) groups excluding carboxylic acids is 1. The fourth-order valence-electron chi connectivity index (χ4n) is 1.81. The number of aryl methyl sites for hydroxylation is 1. The Hall–Kier alpha value is -2.37. The lowest BCUT2D eigenvalue weighted by Gasteiger charge is -2.05.